The quantitative estimate of drug-likeness (QED) is 0.0558. The highest BCUT2D eigenvalue weighted by Gasteiger charge is 2.57. The average Bonchev–Trinajstić information content (AvgIpc) is 3.42. The monoisotopic (exact) mass is 731 g/mol. The molecule has 48 heavy (non-hydrogen) atoms. The van der Waals surface area contributed by atoms with Gasteiger partial charge in [0.25, 0.3) is 11.8 Å². The number of anilines is 1. The second kappa shape index (κ2) is 15.1. The Morgan fingerprint density at radius 2 is 1.83 bits per heavy atom. The topological polar surface area (TPSA) is 218 Å². The van der Waals surface area contributed by atoms with E-state index in [2.05, 4.69) is 20.8 Å². The van der Waals surface area contributed by atoms with Gasteiger partial charge in [0.2, 0.25) is 5.60 Å². The van der Waals surface area contributed by atoms with Gasteiger partial charge >= 0.3 is 36.2 Å². The predicted molar refractivity (Wildman–Crippen MR) is 177 cm³/mol. The second-order valence-corrected chi connectivity index (χ2v) is 15.9. The van der Waals surface area contributed by atoms with E-state index in [0.717, 1.165) is 48.7 Å². The summed E-state index contributed by atoms with van der Waals surface area (Å²) in [6.45, 7) is 11.5. The molecule has 2 N–H and O–H groups in total. The van der Waals surface area contributed by atoms with Gasteiger partial charge in [-0.1, -0.05) is 18.5 Å². The smallest absolute Gasteiger partial charge is 0.413 e. The number of rotatable bonds is 13. The molecule has 1 saturated heterocycles. The van der Waals surface area contributed by atoms with Gasteiger partial charge in [0.15, 0.2) is 22.3 Å². The number of carbonyl (C=O) groups excluding carboxylic acids is 5. The average molecular weight is 732 g/mol. The molecule has 0 unspecified atom stereocenters. The maximum Gasteiger partial charge on any atom is 0.413 e. The second-order valence-electron chi connectivity index (χ2n) is 12.0. The lowest BCUT2D eigenvalue weighted by atomic mass is 10.0. The van der Waals surface area contributed by atoms with Crippen molar-refractivity contribution in [3.05, 3.63) is 22.5 Å². The van der Waals surface area contributed by atoms with Crippen LogP contribution in [0.2, 0.25) is 0 Å². The van der Waals surface area contributed by atoms with E-state index in [9.17, 15) is 32.4 Å². The SMILES string of the molecule is BOC(=O)C1=C(OS(C)(=O)=O)[C@H](C)S[C@@H]2[C@H](NC(=O)/C(=N\OC(C)(C)C(=O)OCCCC)c3csc(NC(=O)OC(C)(C)C)n3)C(=O)N12. The zero-order valence-electron chi connectivity index (χ0n) is 27.9. The third-order valence-corrected chi connectivity index (χ3v) is 8.92. The minimum Gasteiger partial charge on any atom is -0.539 e. The molecule has 0 spiro atoms. The highest BCUT2D eigenvalue weighted by Crippen LogP contribution is 2.45. The van der Waals surface area contributed by atoms with Crippen LogP contribution in [0.25, 0.3) is 0 Å². The Hall–Kier alpha value is -3.85. The van der Waals surface area contributed by atoms with Gasteiger partial charge in [0.05, 0.1) is 18.1 Å². The van der Waals surface area contributed by atoms with Gasteiger partial charge in [-0.2, -0.15) is 8.42 Å². The van der Waals surface area contributed by atoms with Crippen molar-refractivity contribution < 1.29 is 55.5 Å². The number of unbranched alkanes of at least 4 members (excludes halogenated alkanes) is 1. The summed E-state index contributed by atoms with van der Waals surface area (Å²) < 4.78 is 44.1. The number of amides is 3. The van der Waals surface area contributed by atoms with Crippen molar-refractivity contribution in [3.8, 4) is 0 Å². The molecular formula is C27H38BN5O12S3. The van der Waals surface area contributed by atoms with Crippen LogP contribution < -0.4 is 10.6 Å². The number of carbonyl (C=O) groups is 5. The van der Waals surface area contributed by atoms with E-state index in [1.807, 2.05) is 6.92 Å². The van der Waals surface area contributed by atoms with E-state index < -0.39 is 79.2 Å². The standard InChI is InChI=1S/C27H38BN5O12S3/c1-9-10-11-41-23(37)27(6,7)45-32-15(14-12-46-24(29-14)31-25(38)42-26(3,4)5)19(34)30-16-20(35)33-17(22(36)43-28)18(44-48(8,39)40)13(2)47-21(16)33/h12-13,16,21H,9-11,28H2,1-8H3,(H,30,34)(H,29,31,38)/b32-15-/t13-,16+,21+/m0/s1. The van der Waals surface area contributed by atoms with Crippen LogP contribution in [0.4, 0.5) is 9.93 Å². The zero-order valence-corrected chi connectivity index (χ0v) is 30.3. The first-order valence-electron chi connectivity index (χ1n) is 14.6. The Morgan fingerprint density at radius 1 is 1.17 bits per heavy atom. The highest BCUT2D eigenvalue weighted by molar-refractivity contribution is 8.00. The Kier molecular flexibility index (Phi) is 12.2. The molecule has 21 heteroatoms. The minimum atomic E-state index is -4.08. The number of esters is 1. The van der Waals surface area contributed by atoms with Crippen molar-refractivity contribution >= 4 is 82.0 Å². The number of hydrogen-bond donors (Lipinski definition) is 2. The molecule has 1 fully saturated rings. The number of aromatic nitrogens is 1. The van der Waals surface area contributed by atoms with Gasteiger partial charge < -0.3 is 28.5 Å². The Balaban J connectivity index is 1.92. The van der Waals surface area contributed by atoms with Crippen LogP contribution in [-0.2, 0) is 52.4 Å². The Bertz CT molecular complexity index is 1620. The molecule has 3 rings (SSSR count). The summed E-state index contributed by atoms with van der Waals surface area (Å²) in [5, 5.41) is 8.76. The van der Waals surface area contributed by atoms with E-state index >= 15 is 0 Å². The molecule has 2 aliphatic heterocycles. The Morgan fingerprint density at radius 3 is 2.42 bits per heavy atom. The number of thiazole rings is 1. The molecule has 0 bridgehead atoms. The lowest BCUT2D eigenvalue weighted by Crippen LogP contribution is -2.71. The van der Waals surface area contributed by atoms with Crippen LogP contribution in [0.3, 0.4) is 0 Å². The third kappa shape index (κ3) is 9.62. The normalized spacial score (nSPS) is 19.8. The number of thioether (sulfide) groups is 1. The number of fused-ring (bicyclic) bond motifs is 1. The zero-order chi connectivity index (χ0) is 36.2. The molecule has 0 aliphatic carbocycles. The summed E-state index contributed by atoms with van der Waals surface area (Å²) in [6.07, 6.45) is 1.42. The van der Waals surface area contributed by atoms with Crippen molar-refractivity contribution in [1.29, 1.82) is 0 Å². The summed E-state index contributed by atoms with van der Waals surface area (Å²) in [6, 6.07) is -1.22. The van der Waals surface area contributed by atoms with Gasteiger partial charge in [-0.25, -0.2) is 19.4 Å². The molecule has 3 atom stereocenters. The number of oxime groups is 1. The maximum atomic E-state index is 13.7. The molecule has 0 radical (unpaired) electrons. The molecule has 264 valence electrons. The first-order valence-corrected chi connectivity index (χ1v) is 18.2. The first kappa shape index (κ1) is 38.6. The van der Waals surface area contributed by atoms with E-state index in [4.69, 9.17) is 23.1 Å². The van der Waals surface area contributed by atoms with Gasteiger partial charge in [-0.05, 0) is 48.0 Å². The maximum absolute atomic E-state index is 13.7. The first-order chi connectivity index (χ1) is 22.2. The van der Waals surface area contributed by atoms with Gasteiger partial charge in [0.1, 0.15) is 22.7 Å². The molecule has 0 saturated carbocycles. The van der Waals surface area contributed by atoms with Crippen LogP contribution >= 0.6 is 23.1 Å². The van der Waals surface area contributed by atoms with E-state index in [1.165, 1.54) is 19.2 Å². The highest BCUT2D eigenvalue weighted by atomic mass is 32.2. The molecule has 1 aromatic heterocycles. The van der Waals surface area contributed by atoms with Crippen LogP contribution in [0, 0.1) is 0 Å². The van der Waals surface area contributed by atoms with Gasteiger partial charge in [-0.15, -0.1) is 23.1 Å². The van der Waals surface area contributed by atoms with Gasteiger partial charge in [-0.3, -0.25) is 19.8 Å². The molecule has 3 heterocycles. The van der Waals surface area contributed by atoms with Crippen molar-refractivity contribution in [2.45, 2.75) is 89.2 Å². The number of ether oxygens (including phenoxy) is 2. The van der Waals surface area contributed by atoms with Crippen LogP contribution in [0.15, 0.2) is 22.0 Å². The van der Waals surface area contributed by atoms with Gasteiger partial charge in [0, 0.05) is 5.38 Å². The van der Waals surface area contributed by atoms with Crippen molar-refractivity contribution in [1.82, 2.24) is 15.2 Å². The number of nitrogens with one attached hydrogen (secondary N) is 2. The van der Waals surface area contributed by atoms with Crippen LogP contribution in [0.1, 0.15) is 67.0 Å². The predicted octanol–water partition coefficient (Wildman–Crippen LogP) is 1.40. The Labute approximate surface area is 287 Å². The fourth-order valence-electron chi connectivity index (χ4n) is 4.05. The number of nitrogens with zero attached hydrogens (tertiary/aromatic N) is 3. The van der Waals surface area contributed by atoms with E-state index in [0.29, 0.717) is 6.42 Å². The fourth-order valence-corrected chi connectivity index (χ4v) is 6.71. The summed E-state index contributed by atoms with van der Waals surface area (Å²) in [5.41, 5.74) is -3.37. The number of β-lactam (4-membered cyclic amide) rings is 1. The molecule has 3 amide bonds. The van der Waals surface area contributed by atoms with Crippen molar-refractivity contribution in [2.24, 2.45) is 5.16 Å². The largest absolute Gasteiger partial charge is 0.539 e. The van der Waals surface area contributed by atoms with Crippen LogP contribution in [0.5, 0.6) is 0 Å². The molecule has 0 aromatic carbocycles. The summed E-state index contributed by atoms with van der Waals surface area (Å²) in [5.74, 6) is -3.77. The fraction of sp³-hybridized carbons (Fsp3) is 0.593. The molecule has 1 aromatic rings. The summed E-state index contributed by atoms with van der Waals surface area (Å²) in [7, 11) is -3.02. The third-order valence-electron chi connectivity index (χ3n) is 6.29. The van der Waals surface area contributed by atoms with E-state index in [-0.39, 0.29) is 23.2 Å². The van der Waals surface area contributed by atoms with E-state index in [1.54, 1.807) is 27.7 Å². The number of hydrogen-bond acceptors (Lipinski definition) is 16. The molecular weight excluding hydrogens is 693 g/mol. The van der Waals surface area contributed by atoms with Crippen molar-refractivity contribution in [2.75, 3.05) is 18.2 Å². The lowest BCUT2D eigenvalue weighted by molar-refractivity contribution is -0.168. The molecule has 17 nitrogen and oxygen atoms in total. The molecule has 2 aliphatic rings. The summed E-state index contributed by atoms with van der Waals surface area (Å²) in [4.78, 5) is 75.4. The summed E-state index contributed by atoms with van der Waals surface area (Å²) >= 11 is 1.99. The lowest BCUT2D eigenvalue weighted by Gasteiger charge is -2.50. The minimum absolute atomic E-state index is 0.0480. The van der Waals surface area contributed by atoms with Crippen LogP contribution in [-0.4, -0.2) is 103 Å². The van der Waals surface area contributed by atoms with Crippen molar-refractivity contribution in [3.63, 3.8) is 0 Å².